The summed E-state index contributed by atoms with van der Waals surface area (Å²) in [5, 5.41) is 0. The van der Waals surface area contributed by atoms with Crippen molar-refractivity contribution in [1.29, 1.82) is 0 Å². The Morgan fingerprint density at radius 3 is 1.78 bits per heavy atom. The molecule has 1 aliphatic heterocycles. The summed E-state index contributed by atoms with van der Waals surface area (Å²) in [6, 6.07) is 0. The average Bonchev–Trinajstić information content (AvgIpc) is 2.38. The second-order valence-corrected chi connectivity index (χ2v) is 7.11. The summed E-state index contributed by atoms with van der Waals surface area (Å²) in [6.07, 6.45) is 2.66. The van der Waals surface area contributed by atoms with Crippen molar-refractivity contribution in [2.24, 2.45) is 0 Å². The summed E-state index contributed by atoms with van der Waals surface area (Å²) >= 11 is 0. The van der Waals surface area contributed by atoms with E-state index in [4.69, 9.17) is 22.8 Å². The van der Waals surface area contributed by atoms with Crippen LogP contribution in [0.25, 0.3) is 0 Å². The highest BCUT2D eigenvalue weighted by molar-refractivity contribution is 6.62. The van der Waals surface area contributed by atoms with Crippen molar-refractivity contribution in [2.45, 2.75) is 45.4 Å². The zero-order valence-electron chi connectivity index (χ0n) is 12.5. The maximum Gasteiger partial charge on any atom is 0.530 e. The molecule has 0 amide bonds. The van der Waals surface area contributed by atoms with E-state index in [2.05, 4.69) is 6.92 Å². The molecule has 5 nitrogen and oxygen atoms in total. The minimum Gasteiger partial charge on any atom is -0.378 e. The molecule has 0 aromatic rings. The van der Waals surface area contributed by atoms with E-state index in [1.54, 1.807) is 21.3 Å². The molecule has 6 heteroatoms. The Hall–Kier alpha value is 0.0169. The van der Waals surface area contributed by atoms with Gasteiger partial charge in [-0.3, -0.25) is 0 Å². The van der Waals surface area contributed by atoms with Crippen LogP contribution in [0, 0.1) is 0 Å². The van der Waals surface area contributed by atoms with Gasteiger partial charge in [0.15, 0.2) is 0 Å². The molecule has 0 spiro atoms. The number of rotatable bonds is 7. The second kappa shape index (κ2) is 9.88. The molecule has 2 unspecified atom stereocenters. The van der Waals surface area contributed by atoms with Crippen LogP contribution in [0.5, 0.6) is 0 Å². The molecule has 0 aromatic heterocycles. The Kier molecular flexibility index (Phi) is 9.89. The maximum absolute atomic E-state index is 5.52. The van der Waals surface area contributed by atoms with E-state index in [0.717, 1.165) is 13.0 Å². The lowest BCUT2D eigenvalue weighted by Gasteiger charge is -2.31. The Morgan fingerprint density at radius 1 is 1.17 bits per heavy atom. The molecule has 0 bridgehead atoms. The highest BCUT2D eigenvalue weighted by atomic mass is 28.4. The summed E-state index contributed by atoms with van der Waals surface area (Å²) in [4.78, 5) is 0. The van der Waals surface area contributed by atoms with Gasteiger partial charge in [0.1, 0.15) is 5.73 Å². The average molecular weight is 280 g/mol. The predicted octanol–water partition coefficient (Wildman–Crippen LogP) is 2.01. The largest absolute Gasteiger partial charge is 0.530 e. The molecule has 0 saturated carbocycles. The number of ether oxygens (including phenoxy) is 2. The van der Waals surface area contributed by atoms with E-state index in [1.165, 1.54) is 6.42 Å². The minimum absolute atomic E-state index is 0.0718. The van der Waals surface area contributed by atoms with Crippen molar-refractivity contribution in [3.63, 3.8) is 0 Å². The fourth-order valence-corrected chi connectivity index (χ4v) is 3.83. The Morgan fingerprint density at radius 2 is 1.61 bits per heavy atom. The topological polar surface area (TPSA) is 46.2 Å². The molecule has 0 aliphatic carbocycles. The van der Waals surface area contributed by atoms with E-state index in [-0.39, 0.29) is 5.73 Å². The molecule has 2 atom stereocenters. The van der Waals surface area contributed by atoms with Crippen LogP contribution in [0.4, 0.5) is 0 Å². The molecular formula is C12H28O5Si. The van der Waals surface area contributed by atoms with Crippen LogP contribution in [0.2, 0.25) is 0 Å². The molecule has 0 aromatic carbocycles. The summed E-state index contributed by atoms with van der Waals surface area (Å²) in [5.74, 6) is 0. The molecule has 18 heavy (non-hydrogen) atoms. The van der Waals surface area contributed by atoms with Gasteiger partial charge in [-0.15, -0.1) is 0 Å². The lowest BCUT2D eigenvalue weighted by molar-refractivity contribution is -0.0375. The predicted molar refractivity (Wildman–Crippen MR) is 72.5 cm³/mol. The van der Waals surface area contributed by atoms with Crippen LogP contribution in [0.15, 0.2) is 0 Å². The minimum atomic E-state index is -2.59. The first-order valence-electron chi connectivity index (χ1n) is 6.48. The molecule has 1 aliphatic rings. The van der Waals surface area contributed by atoms with Gasteiger partial charge < -0.3 is 22.8 Å². The maximum atomic E-state index is 5.52. The van der Waals surface area contributed by atoms with Gasteiger partial charge in [-0.2, -0.15) is 0 Å². The summed E-state index contributed by atoms with van der Waals surface area (Å²) in [5.41, 5.74) is -0.0718. The van der Waals surface area contributed by atoms with Crippen molar-refractivity contribution in [3.8, 4) is 0 Å². The molecule has 1 fully saturated rings. The van der Waals surface area contributed by atoms with Crippen LogP contribution in [0.3, 0.4) is 0 Å². The molecule has 0 radical (unpaired) electrons. The first-order chi connectivity index (χ1) is 8.60. The molecule has 1 saturated heterocycles. The van der Waals surface area contributed by atoms with Gasteiger partial charge >= 0.3 is 8.80 Å². The van der Waals surface area contributed by atoms with Gasteiger partial charge in [0, 0.05) is 34.5 Å². The molecule has 1 rings (SSSR count). The third-order valence-electron chi connectivity index (χ3n) is 2.91. The van der Waals surface area contributed by atoms with Gasteiger partial charge in [0.05, 0.1) is 6.10 Å². The van der Waals surface area contributed by atoms with Crippen molar-refractivity contribution >= 4 is 8.80 Å². The highest BCUT2D eigenvalue weighted by Crippen LogP contribution is 2.17. The van der Waals surface area contributed by atoms with Gasteiger partial charge in [-0.25, -0.2) is 0 Å². The third-order valence-corrected chi connectivity index (χ3v) is 5.98. The normalized spacial score (nSPS) is 20.7. The SMILES string of the molecule is CC1CCO1.CCOC(CC)[Si](OC)(OC)OC. The zero-order chi connectivity index (χ0) is 14.0. The monoisotopic (exact) mass is 280 g/mol. The van der Waals surface area contributed by atoms with Crippen molar-refractivity contribution in [1.82, 2.24) is 0 Å². The van der Waals surface area contributed by atoms with Gasteiger partial charge in [0.25, 0.3) is 0 Å². The Bertz CT molecular complexity index is 187. The summed E-state index contributed by atoms with van der Waals surface area (Å²) < 4.78 is 26.4. The van der Waals surface area contributed by atoms with Gasteiger partial charge in [0.2, 0.25) is 0 Å². The van der Waals surface area contributed by atoms with Crippen LogP contribution >= 0.6 is 0 Å². The van der Waals surface area contributed by atoms with E-state index in [0.29, 0.717) is 12.7 Å². The fraction of sp³-hybridized carbons (Fsp3) is 1.00. The second-order valence-electron chi connectivity index (χ2n) is 4.04. The Labute approximate surface area is 112 Å². The lowest BCUT2D eigenvalue weighted by Crippen LogP contribution is -2.55. The molecule has 110 valence electrons. The third kappa shape index (κ3) is 5.34. The molecule has 1 heterocycles. The van der Waals surface area contributed by atoms with Crippen LogP contribution < -0.4 is 0 Å². The fourth-order valence-electron chi connectivity index (χ4n) is 1.67. The van der Waals surface area contributed by atoms with E-state index in [1.807, 2.05) is 13.8 Å². The Balaban J connectivity index is 0.000000473. The summed E-state index contributed by atoms with van der Waals surface area (Å²) in [7, 11) is 2.20. The molecular weight excluding hydrogens is 252 g/mol. The van der Waals surface area contributed by atoms with Crippen LogP contribution in [-0.2, 0) is 22.8 Å². The first kappa shape index (κ1) is 18.0. The van der Waals surface area contributed by atoms with Gasteiger partial charge in [-0.1, -0.05) is 6.92 Å². The van der Waals surface area contributed by atoms with Crippen molar-refractivity contribution in [3.05, 3.63) is 0 Å². The molecule has 0 N–H and O–H groups in total. The van der Waals surface area contributed by atoms with E-state index >= 15 is 0 Å². The lowest BCUT2D eigenvalue weighted by atomic mass is 10.2. The van der Waals surface area contributed by atoms with Crippen LogP contribution in [-0.4, -0.2) is 55.2 Å². The quantitative estimate of drug-likeness (QED) is 0.668. The van der Waals surface area contributed by atoms with Gasteiger partial charge in [-0.05, 0) is 26.7 Å². The van der Waals surface area contributed by atoms with E-state index in [9.17, 15) is 0 Å². The highest BCUT2D eigenvalue weighted by Gasteiger charge is 2.47. The number of hydrogen-bond acceptors (Lipinski definition) is 5. The standard InChI is InChI=1S/C8H20O4Si.C4H8O/c1-6-8(12-7-2)13(9-3,10-4)11-5;1-4-2-3-5-4/h8H,6-7H2,1-5H3;4H,2-3H2,1H3. The first-order valence-corrected chi connectivity index (χ1v) is 8.28. The zero-order valence-corrected chi connectivity index (χ0v) is 13.5. The summed E-state index contributed by atoms with van der Waals surface area (Å²) in [6.45, 7) is 7.69. The van der Waals surface area contributed by atoms with E-state index < -0.39 is 8.80 Å². The van der Waals surface area contributed by atoms with Crippen molar-refractivity contribution in [2.75, 3.05) is 34.5 Å². The van der Waals surface area contributed by atoms with Crippen molar-refractivity contribution < 1.29 is 22.8 Å². The number of hydrogen-bond donors (Lipinski definition) is 0. The van der Waals surface area contributed by atoms with Crippen LogP contribution in [0.1, 0.15) is 33.6 Å². The smallest absolute Gasteiger partial charge is 0.378 e.